The quantitative estimate of drug-likeness (QED) is 0.321. The summed E-state index contributed by atoms with van der Waals surface area (Å²) in [5, 5.41) is 29.5. The highest BCUT2D eigenvalue weighted by Crippen LogP contribution is 2.51. The molecule has 3 aromatic rings. The van der Waals surface area contributed by atoms with E-state index in [1.807, 2.05) is 22.9 Å². The van der Waals surface area contributed by atoms with Crippen molar-refractivity contribution in [3.05, 3.63) is 30.3 Å². The maximum absolute atomic E-state index is 12.3. The van der Waals surface area contributed by atoms with Gasteiger partial charge in [0.05, 0.1) is 17.7 Å². The van der Waals surface area contributed by atoms with Crippen molar-refractivity contribution < 1.29 is 19.8 Å². The summed E-state index contributed by atoms with van der Waals surface area (Å²) in [5.74, 6) is -0.301. The van der Waals surface area contributed by atoms with Crippen LogP contribution in [0.25, 0.3) is 22.2 Å². The summed E-state index contributed by atoms with van der Waals surface area (Å²) in [6.45, 7) is 7.45. The molecule has 0 saturated carbocycles. The van der Waals surface area contributed by atoms with Crippen molar-refractivity contribution in [2.24, 2.45) is 0 Å². The summed E-state index contributed by atoms with van der Waals surface area (Å²) >= 11 is 1.45. The number of benzene rings is 2. The molecule has 32 heavy (non-hydrogen) atoms. The van der Waals surface area contributed by atoms with Crippen LogP contribution in [0, 0.1) is 0 Å². The van der Waals surface area contributed by atoms with Crippen molar-refractivity contribution in [2.75, 3.05) is 31.5 Å². The molecule has 1 aliphatic heterocycles. The fraction of sp³-hybridized carbons (Fsp3) is 0.318. The van der Waals surface area contributed by atoms with Crippen LogP contribution in [0.3, 0.4) is 0 Å². The fourth-order valence-corrected chi connectivity index (χ4v) is 5.04. The van der Waals surface area contributed by atoms with E-state index in [1.54, 1.807) is 12.1 Å². The highest BCUT2D eigenvalue weighted by atomic mass is 32.2. The summed E-state index contributed by atoms with van der Waals surface area (Å²) in [5.41, 5.74) is 3.29. The summed E-state index contributed by atoms with van der Waals surface area (Å²) in [7, 11) is 0. The third-order valence-electron chi connectivity index (χ3n) is 5.50. The summed E-state index contributed by atoms with van der Waals surface area (Å²) in [6.07, 6.45) is -1.26. The van der Waals surface area contributed by atoms with Crippen molar-refractivity contribution in [1.82, 2.24) is 20.0 Å². The van der Waals surface area contributed by atoms with Crippen molar-refractivity contribution in [3.8, 4) is 17.0 Å². The molecule has 1 aromatic heterocycles. The Morgan fingerprint density at radius 3 is 2.69 bits per heavy atom. The second-order valence-electron chi connectivity index (χ2n) is 7.42. The molecule has 0 atom stereocenters. The van der Waals surface area contributed by atoms with Gasteiger partial charge >= 0.3 is 6.09 Å². The SMILES string of the molecule is CCN(CC)CCn1nc2c3c(c(NC(=O)CNC(=O)O)ccc31)Sc1cc(O)ccc1-2. The molecule has 0 bridgehead atoms. The minimum Gasteiger partial charge on any atom is -0.508 e. The van der Waals surface area contributed by atoms with E-state index in [0.717, 1.165) is 58.1 Å². The van der Waals surface area contributed by atoms with E-state index in [4.69, 9.17) is 10.2 Å². The lowest BCUT2D eigenvalue weighted by molar-refractivity contribution is -0.115. The molecule has 0 saturated heterocycles. The molecule has 2 heterocycles. The first-order valence-corrected chi connectivity index (χ1v) is 11.3. The summed E-state index contributed by atoms with van der Waals surface area (Å²) in [6, 6.07) is 8.95. The molecule has 0 spiro atoms. The molecular formula is C22H25N5O4S. The Hall–Kier alpha value is -3.24. The number of nitrogens with one attached hydrogen (secondary N) is 2. The second-order valence-corrected chi connectivity index (χ2v) is 8.48. The van der Waals surface area contributed by atoms with Gasteiger partial charge in [0.2, 0.25) is 5.91 Å². The Balaban J connectivity index is 1.76. The molecular weight excluding hydrogens is 430 g/mol. The van der Waals surface area contributed by atoms with Crippen LogP contribution in [0.4, 0.5) is 10.5 Å². The number of hydrogen-bond donors (Lipinski definition) is 4. The number of aromatic nitrogens is 2. The van der Waals surface area contributed by atoms with Crippen LogP contribution in [-0.4, -0.2) is 63.1 Å². The molecule has 168 valence electrons. The Kier molecular flexibility index (Phi) is 6.24. The number of hydrogen-bond acceptors (Lipinski definition) is 6. The monoisotopic (exact) mass is 455 g/mol. The highest BCUT2D eigenvalue weighted by Gasteiger charge is 2.27. The van der Waals surface area contributed by atoms with Gasteiger partial charge in [-0.15, -0.1) is 0 Å². The molecule has 0 radical (unpaired) electrons. The van der Waals surface area contributed by atoms with Crippen LogP contribution in [0.5, 0.6) is 5.75 Å². The van der Waals surface area contributed by atoms with E-state index < -0.39 is 12.0 Å². The van der Waals surface area contributed by atoms with E-state index in [1.165, 1.54) is 11.8 Å². The van der Waals surface area contributed by atoms with Crippen molar-refractivity contribution >= 4 is 40.4 Å². The predicted octanol–water partition coefficient (Wildman–Crippen LogP) is 3.42. The Bertz CT molecular complexity index is 1190. The number of carbonyl (C=O) groups is 2. The van der Waals surface area contributed by atoms with Crippen molar-refractivity contribution in [1.29, 1.82) is 0 Å². The number of rotatable bonds is 8. The summed E-state index contributed by atoms with van der Waals surface area (Å²) < 4.78 is 1.99. The van der Waals surface area contributed by atoms with Crippen LogP contribution >= 0.6 is 11.8 Å². The molecule has 2 aromatic carbocycles. The zero-order valence-electron chi connectivity index (χ0n) is 17.9. The Morgan fingerprint density at radius 2 is 1.97 bits per heavy atom. The van der Waals surface area contributed by atoms with Gasteiger partial charge in [0.1, 0.15) is 18.0 Å². The minimum absolute atomic E-state index is 0.157. The first kappa shape index (κ1) is 22.0. The number of carbonyl (C=O) groups excluding carboxylic acids is 1. The van der Waals surface area contributed by atoms with E-state index in [0.29, 0.717) is 5.69 Å². The molecule has 4 N–H and O–H groups in total. The van der Waals surface area contributed by atoms with Crippen LogP contribution in [-0.2, 0) is 11.3 Å². The Labute approximate surface area is 189 Å². The van der Waals surface area contributed by atoms with E-state index in [2.05, 4.69) is 29.4 Å². The second kappa shape index (κ2) is 9.09. The zero-order chi connectivity index (χ0) is 22.8. The van der Waals surface area contributed by atoms with Crippen LogP contribution in [0.2, 0.25) is 0 Å². The van der Waals surface area contributed by atoms with Gasteiger partial charge in [0.15, 0.2) is 0 Å². The fourth-order valence-electron chi connectivity index (χ4n) is 3.83. The zero-order valence-corrected chi connectivity index (χ0v) is 18.7. The van der Waals surface area contributed by atoms with Crippen molar-refractivity contribution in [2.45, 2.75) is 30.2 Å². The number of carboxylic acid groups (broad SMARTS) is 1. The molecule has 4 rings (SSSR count). The first-order valence-electron chi connectivity index (χ1n) is 10.4. The van der Waals surface area contributed by atoms with E-state index in [9.17, 15) is 14.7 Å². The maximum atomic E-state index is 12.3. The first-order chi connectivity index (χ1) is 15.4. The molecule has 1 aliphatic rings. The van der Waals surface area contributed by atoms with Gasteiger partial charge in [0, 0.05) is 27.3 Å². The predicted molar refractivity (Wildman–Crippen MR) is 123 cm³/mol. The van der Waals surface area contributed by atoms with E-state index in [-0.39, 0.29) is 12.3 Å². The average Bonchev–Trinajstić information content (AvgIpc) is 3.14. The van der Waals surface area contributed by atoms with Gasteiger partial charge in [-0.3, -0.25) is 9.48 Å². The minimum atomic E-state index is -1.26. The van der Waals surface area contributed by atoms with Crippen LogP contribution in [0.1, 0.15) is 13.8 Å². The van der Waals surface area contributed by atoms with Crippen molar-refractivity contribution in [3.63, 3.8) is 0 Å². The number of nitrogens with zero attached hydrogens (tertiary/aromatic N) is 3. The topological polar surface area (TPSA) is 120 Å². The van der Waals surface area contributed by atoms with Crippen LogP contribution < -0.4 is 10.6 Å². The van der Waals surface area contributed by atoms with E-state index >= 15 is 0 Å². The lowest BCUT2D eigenvalue weighted by atomic mass is 10.1. The molecule has 0 aliphatic carbocycles. The highest BCUT2D eigenvalue weighted by molar-refractivity contribution is 8.00. The number of anilines is 1. The number of phenols is 1. The van der Waals surface area contributed by atoms with Gasteiger partial charge < -0.3 is 25.7 Å². The van der Waals surface area contributed by atoms with Gasteiger partial charge in [-0.2, -0.15) is 5.10 Å². The number of amides is 2. The van der Waals surface area contributed by atoms with Gasteiger partial charge in [0.25, 0.3) is 0 Å². The standard InChI is InChI=1S/C22H25N5O4S/c1-3-26(4-2)9-10-27-16-8-7-15(24-18(29)12-23-22(30)31)21-19(16)20(25-27)14-6-5-13(28)11-17(14)32-21/h5-8,11,23,28H,3-4,9-10,12H2,1-2H3,(H,24,29)(H,30,31). The van der Waals surface area contributed by atoms with Gasteiger partial charge in [-0.1, -0.05) is 25.6 Å². The number of fused-ring (bicyclic) bond motifs is 2. The smallest absolute Gasteiger partial charge is 0.405 e. The largest absolute Gasteiger partial charge is 0.508 e. The third-order valence-corrected chi connectivity index (χ3v) is 6.69. The lowest BCUT2D eigenvalue weighted by Crippen LogP contribution is -2.31. The molecule has 0 fully saturated rings. The molecule has 9 nitrogen and oxygen atoms in total. The molecule has 0 unspecified atom stereocenters. The van der Waals surface area contributed by atoms with Gasteiger partial charge in [-0.25, -0.2) is 4.79 Å². The normalized spacial score (nSPS) is 12.1. The maximum Gasteiger partial charge on any atom is 0.405 e. The number of likely N-dealkylation sites (N-methyl/N-ethyl adjacent to an activating group) is 1. The molecule has 10 heteroatoms. The Morgan fingerprint density at radius 1 is 1.19 bits per heavy atom. The lowest BCUT2D eigenvalue weighted by Gasteiger charge is -2.19. The summed E-state index contributed by atoms with van der Waals surface area (Å²) in [4.78, 5) is 27.0. The van der Waals surface area contributed by atoms with Gasteiger partial charge in [-0.05, 0) is 43.4 Å². The third kappa shape index (κ3) is 4.23. The number of aromatic hydroxyl groups is 1. The molecule has 2 amide bonds. The number of phenolic OH excluding ortho intramolecular Hbond substituents is 1. The van der Waals surface area contributed by atoms with Crippen LogP contribution in [0.15, 0.2) is 40.1 Å². The average molecular weight is 456 g/mol.